The molecule has 3 unspecified atom stereocenters. The van der Waals surface area contributed by atoms with Gasteiger partial charge in [0.15, 0.2) is 0 Å². The molecule has 0 bridgehead atoms. The summed E-state index contributed by atoms with van der Waals surface area (Å²) in [7, 11) is 0. The van der Waals surface area contributed by atoms with Gasteiger partial charge in [-0.1, -0.05) is 6.07 Å². The number of aliphatic carboxylic acids is 1. The molecular formula is C33H36N6O6S. The van der Waals surface area contributed by atoms with E-state index in [1.54, 1.807) is 54.6 Å². The molecule has 4 amide bonds. The van der Waals surface area contributed by atoms with Crippen molar-refractivity contribution in [3.63, 3.8) is 0 Å². The molecule has 3 atom stereocenters. The van der Waals surface area contributed by atoms with Crippen molar-refractivity contribution in [1.82, 2.24) is 15.1 Å². The number of carboxylic acids is 1. The maximum Gasteiger partial charge on any atom is 0.320 e. The number of urea groups is 1. The number of morpholine rings is 1. The van der Waals surface area contributed by atoms with E-state index in [-0.39, 0.29) is 30.1 Å². The summed E-state index contributed by atoms with van der Waals surface area (Å²) >= 11 is 1.36. The first-order chi connectivity index (χ1) is 22.1. The molecule has 2 aromatic carbocycles. The van der Waals surface area contributed by atoms with Crippen LogP contribution in [0.5, 0.6) is 0 Å². The van der Waals surface area contributed by atoms with E-state index in [4.69, 9.17) is 10.00 Å². The highest BCUT2D eigenvalue weighted by Gasteiger charge is 2.36. The Balaban J connectivity index is 1.42. The minimum Gasteiger partial charge on any atom is -0.481 e. The molecule has 0 aliphatic carbocycles. The van der Waals surface area contributed by atoms with Crippen molar-refractivity contribution < 1.29 is 29.0 Å². The summed E-state index contributed by atoms with van der Waals surface area (Å²) in [6.07, 6.45) is -0.282. The molecule has 1 aromatic heterocycles. The standard InChI is InChI=1S/C33H36N6O6S/c1-21-20-39(33(44)37-11-13-45-14-12-37)22(2)19-38(21)28-10-9-25(32(43)36-27(17-30(40)41)29-4-3-15-46-29)16-26(28)35-31(42)24-7-5-23(18-34)6-8-24/h3-10,15-16,21-22,27H,11-14,17,19-20H2,1-2H3,(H,35,42)(H,36,43)(H,40,41). The summed E-state index contributed by atoms with van der Waals surface area (Å²) in [5.41, 5.74) is 2.07. The van der Waals surface area contributed by atoms with Crippen LogP contribution in [0.15, 0.2) is 60.0 Å². The van der Waals surface area contributed by atoms with Crippen LogP contribution in [0.1, 0.15) is 57.5 Å². The maximum atomic E-state index is 13.5. The zero-order chi connectivity index (χ0) is 32.8. The van der Waals surface area contributed by atoms with Crippen molar-refractivity contribution in [1.29, 1.82) is 5.26 Å². The number of piperazine rings is 1. The number of benzene rings is 2. The third-order valence-electron chi connectivity index (χ3n) is 8.18. The summed E-state index contributed by atoms with van der Waals surface area (Å²) < 4.78 is 5.41. The minimum absolute atomic E-state index is 0.0229. The van der Waals surface area contributed by atoms with E-state index in [0.717, 1.165) is 0 Å². The third-order valence-corrected chi connectivity index (χ3v) is 9.16. The van der Waals surface area contributed by atoms with Crippen molar-refractivity contribution in [2.75, 3.05) is 49.6 Å². The van der Waals surface area contributed by atoms with E-state index in [9.17, 15) is 24.3 Å². The van der Waals surface area contributed by atoms with Crippen LogP contribution in [0, 0.1) is 11.3 Å². The maximum absolute atomic E-state index is 13.5. The Morgan fingerprint density at radius 1 is 1.00 bits per heavy atom. The molecule has 0 spiro atoms. The number of nitrogens with zero attached hydrogens (tertiary/aromatic N) is 4. The van der Waals surface area contributed by atoms with Crippen LogP contribution in [0.4, 0.5) is 16.2 Å². The fourth-order valence-corrected chi connectivity index (χ4v) is 6.49. The van der Waals surface area contributed by atoms with Crippen molar-refractivity contribution in [3.8, 4) is 6.07 Å². The molecule has 3 heterocycles. The van der Waals surface area contributed by atoms with Gasteiger partial charge in [0.25, 0.3) is 11.8 Å². The average Bonchev–Trinajstić information content (AvgIpc) is 3.61. The molecule has 240 valence electrons. The zero-order valence-electron chi connectivity index (χ0n) is 25.6. The van der Waals surface area contributed by atoms with Gasteiger partial charge in [-0.15, -0.1) is 11.3 Å². The first-order valence-corrected chi connectivity index (χ1v) is 15.9. The largest absolute Gasteiger partial charge is 0.481 e. The molecule has 2 saturated heterocycles. The van der Waals surface area contributed by atoms with Gasteiger partial charge in [0.2, 0.25) is 0 Å². The number of nitriles is 1. The third kappa shape index (κ3) is 7.47. The smallest absolute Gasteiger partial charge is 0.320 e. The lowest BCUT2D eigenvalue weighted by atomic mass is 10.0. The summed E-state index contributed by atoms with van der Waals surface area (Å²) in [5.74, 6) is -1.95. The van der Waals surface area contributed by atoms with Crippen LogP contribution in [-0.4, -0.2) is 90.2 Å². The predicted octanol–water partition coefficient (Wildman–Crippen LogP) is 4.17. The molecule has 13 heteroatoms. The monoisotopic (exact) mass is 644 g/mol. The molecule has 3 aromatic rings. The molecule has 46 heavy (non-hydrogen) atoms. The zero-order valence-corrected chi connectivity index (χ0v) is 26.5. The number of ether oxygens (including phenoxy) is 1. The number of nitrogens with one attached hydrogen (secondary N) is 2. The Morgan fingerprint density at radius 3 is 2.37 bits per heavy atom. The van der Waals surface area contributed by atoms with Crippen LogP contribution in [0.2, 0.25) is 0 Å². The quantitative estimate of drug-likeness (QED) is 0.330. The second-order valence-electron chi connectivity index (χ2n) is 11.4. The van der Waals surface area contributed by atoms with Gasteiger partial charge in [-0.05, 0) is 67.8 Å². The number of carbonyl (C=O) groups is 4. The number of hydrogen-bond donors (Lipinski definition) is 3. The number of rotatable bonds is 8. The summed E-state index contributed by atoms with van der Waals surface area (Å²) in [5, 5.41) is 26.2. The fourth-order valence-electron chi connectivity index (χ4n) is 5.71. The highest BCUT2D eigenvalue weighted by Crippen LogP contribution is 2.33. The highest BCUT2D eigenvalue weighted by molar-refractivity contribution is 7.10. The van der Waals surface area contributed by atoms with Crippen molar-refractivity contribution in [2.45, 2.75) is 38.4 Å². The second kappa shape index (κ2) is 14.4. The second-order valence-corrected chi connectivity index (χ2v) is 12.4. The Morgan fingerprint density at radius 2 is 1.72 bits per heavy atom. The van der Waals surface area contributed by atoms with Crippen LogP contribution < -0.4 is 15.5 Å². The van der Waals surface area contributed by atoms with Gasteiger partial charge >= 0.3 is 12.0 Å². The van der Waals surface area contributed by atoms with Crippen molar-refractivity contribution in [3.05, 3.63) is 81.5 Å². The van der Waals surface area contributed by atoms with E-state index in [0.29, 0.717) is 66.8 Å². The molecule has 12 nitrogen and oxygen atoms in total. The van der Waals surface area contributed by atoms with Crippen molar-refractivity contribution >= 4 is 46.5 Å². The van der Waals surface area contributed by atoms with E-state index in [1.165, 1.54) is 11.3 Å². The Kier molecular flexibility index (Phi) is 10.2. The molecule has 5 rings (SSSR count). The fraction of sp³-hybridized carbons (Fsp3) is 0.364. The van der Waals surface area contributed by atoms with Gasteiger partial charge in [0.05, 0.1) is 48.7 Å². The van der Waals surface area contributed by atoms with Gasteiger partial charge < -0.3 is 35.2 Å². The van der Waals surface area contributed by atoms with E-state index in [1.807, 2.05) is 35.1 Å². The number of amides is 4. The minimum atomic E-state index is -1.04. The topological polar surface area (TPSA) is 155 Å². The lowest BCUT2D eigenvalue weighted by Gasteiger charge is -2.47. The number of hydrogen-bond acceptors (Lipinski definition) is 8. The Bertz CT molecular complexity index is 1620. The van der Waals surface area contributed by atoms with Crippen LogP contribution in [0.3, 0.4) is 0 Å². The predicted molar refractivity (Wildman–Crippen MR) is 173 cm³/mol. The number of thiophene rings is 1. The van der Waals surface area contributed by atoms with Gasteiger partial charge in [-0.3, -0.25) is 14.4 Å². The first-order valence-electron chi connectivity index (χ1n) is 15.1. The first kappa shape index (κ1) is 32.5. The van der Waals surface area contributed by atoms with Gasteiger partial charge in [0, 0.05) is 54.3 Å². The molecule has 0 radical (unpaired) electrons. The normalized spacial score (nSPS) is 18.8. The molecule has 2 aliphatic heterocycles. The molecule has 2 fully saturated rings. The number of carbonyl (C=O) groups excluding carboxylic acids is 3. The Hall–Kier alpha value is -4.93. The number of carboxylic acid groups (broad SMARTS) is 1. The lowest BCUT2D eigenvalue weighted by Crippen LogP contribution is -2.61. The van der Waals surface area contributed by atoms with Crippen LogP contribution in [0.25, 0.3) is 0 Å². The van der Waals surface area contributed by atoms with Gasteiger partial charge in [-0.2, -0.15) is 5.26 Å². The molecule has 3 N–H and O–H groups in total. The molecular weight excluding hydrogens is 608 g/mol. The lowest BCUT2D eigenvalue weighted by molar-refractivity contribution is -0.137. The highest BCUT2D eigenvalue weighted by atomic mass is 32.1. The average molecular weight is 645 g/mol. The Labute approximate surface area is 271 Å². The van der Waals surface area contributed by atoms with Gasteiger partial charge in [0.1, 0.15) is 0 Å². The van der Waals surface area contributed by atoms with E-state index in [2.05, 4.69) is 15.5 Å². The molecule has 2 aliphatic rings. The molecule has 0 saturated carbocycles. The van der Waals surface area contributed by atoms with Gasteiger partial charge in [-0.25, -0.2) is 4.79 Å². The van der Waals surface area contributed by atoms with E-state index >= 15 is 0 Å². The SMILES string of the molecule is CC1CN(c2ccc(C(=O)NC(CC(=O)O)c3cccs3)cc2NC(=O)c2ccc(C#N)cc2)C(C)CN1C(=O)N1CCOCC1. The van der Waals surface area contributed by atoms with Crippen LogP contribution >= 0.6 is 11.3 Å². The van der Waals surface area contributed by atoms with Crippen LogP contribution in [-0.2, 0) is 9.53 Å². The summed E-state index contributed by atoms with van der Waals surface area (Å²) in [6, 6.07) is 15.8. The summed E-state index contributed by atoms with van der Waals surface area (Å²) in [6.45, 7) is 7.08. The van der Waals surface area contributed by atoms with E-state index < -0.39 is 23.8 Å². The van der Waals surface area contributed by atoms with Crippen molar-refractivity contribution in [2.24, 2.45) is 0 Å². The summed E-state index contributed by atoms with van der Waals surface area (Å²) in [4.78, 5) is 58.3. The number of anilines is 2.